The van der Waals surface area contributed by atoms with Crippen LogP contribution in [-0.4, -0.2) is 6.04 Å². The third kappa shape index (κ3) is 2.85. The van der Waals surface area contributed by atoms with E-state index in [0.29, 0.717) is 0 Å². The Morgan fingerprint density at radius 1 is 1.05 bits per heavy atom. The largest absolute Gasteiger partial charge is 0.362 e. The molecule has 1 fully saturated rings. The lowest BCUT2D eigenvalue weighted by Gasteiger charge is -2.20. The number of halogens is 1. The van der Waals surface area contributed by atoms with Crippen LogP contribution in [-0.2, 0) is 19.6 Å². The van der Waals surface area contributed by atoms with E-state index >= 15 is 0 Å². The minimum atomic E-state index is 0.761. The van der Waals surface area contributed by atoms with Crippen molar-refractivity contribution in [2.45, 2.75) is 38.5 Å². The average Bonchev–Trinajstić information content (AvgIpc) is 3.22. The van der Waals surface area contributed by atoms with Crippen LogP contribution < -0.4 is 10.2 Å². The molecule has 2 nitrogen and oxygen atoms in total. The second kappa shape index (κ2) is 5.47. The van der Waals surface area contributed by atoms with Gasteiger partial charge in [-0.05, 0) is 57.6 Å². The van der Waals surface area contributed by atoms with E-state index in [0.717, 1.165) is 25.7 Å². The van der Waals surface area contributed by atoms with Crippen molar-refractivity contribution in [3.8, 4) is 0 Å². The Kier molecular flexibility index (Phi) is 3.48. The second-order valence-electron chi connectivity index (χ2n) is 6.07. The molecule has 0 unspecified atom stereocenters. The van der Waals surface area contributed by atoms with Crippen LogP contribution in [0, 0.1) is 0 Å². The first-order chi connectivity index (χ1) is 10.3. The zero-order valence-electron chi connectivity index (χ0n) is 12.0. The van der Waals surface area contributed by atoms with Crippen LogP contribution in [0.4, 0.5) is 5.69 Å². The first kappa shape index (κ1) is 13.4. The summed E-state index contributed by atoms with van der Waals surface area (Å²) in [6.07, 6.45) is 2.68. The summed E-state index contributed by atoms with van der Waals surface area (Å²) in [6.45, 7) is 2.99. The van der Waals surface area contributed by atoms with Crippen molar-refractivity contribution in [3.05, 3.63) is 63.6 Å². The number of nitrogens with one attached hydrogen (secondary N) is 1. The Morgan fingerprint density at radius 3 is 2.38 bits per heavy atom. The number of anilines is 1. The smallest absolute Gasteiger partial charge is 0.0516 e. The molecule has 21 heavy (non-hydrogen) atoms. The molecule has 0 amide bonds. The SMILES string of the molecule is Brc1cc(CNC2CC2)ccc1N1Cc2ccccc2C1. The summed E-state index contributed by atoms with van der Waals surface area (Å²) >= 11 is 3.76. The number of hydrogen-bond acceptors (Lipinski definition) is 2. The van der Waals surface area contributed by atoms with Gasteiger partial charge in [0.15, 0.2) is 0 Å². The molecular formula is C18H19BrN2. The van der Waals surface area contributed by atoms with Crippen molar-refractivity contribution in [3.63, 3.8) is 0 Å². The van der Waals surface area contributed by atoms with E-state index < -0.39 is 0 Å². The van der Waals surface area contributed by atoms with Gasteiger partial charge in [-0.15, -0.1) is 0 Å². The number of rotatable bonds is 4. The molecule has 1 saturated carbocycles. The van der Waals surface area contributed by atoms with E-state index in [1.165, 1.54) is 39.7 Å². The molecule has 2 aromatic rings. The van der Waals surface area contributed by atoms with E-state index in [-0.39, 0.29) is 0 Å². The number of fused-ring (bicyclic) bond motifs is 1. The standard InChI is InChI=1S/C18H19BrN2/c19-17-9-13(10-20-16-6-7-16)5-8-18(17)21-11-14-3-1-2-4-15(14)12-21/h1-5,8-9,16,20H,6-7,10-12H2. The molecule has 1 N–H and O–H groups in total. The normalized spacial score (nSPS) is 17.1. The fourth-order valence-electron chi connectivity index (χ4n) is 2.97. The lowest BCUT2D eigenvalue weighted by molar-refractivity contribution is 0.687. The van der Waals surface area contributed by atoms with Crippen LogP contribution in [0.2, 0.25) is 0 Å². The summed E-state index contributed by atoms with van der Waals surface area (Å²) in [6, 6.07) is 16.2. The Hall–Kier alpha value is -1.32. The highest BCUT2D eigenvalue weighted by molar-refractivity contribution is 9.10. The van der Waals surface area contributed by atoms with E-state index in [1.54, 1.807) is 0 Å². The lowest BCUT2D eigenvalue weighted by atomic mass is 10.1. The third-order valence-corrected chi connectivity index (χ3v) is 5.00. The van der Waals surface area contributed by atoms with E-state index in [2.05, 4.69) is 68.6 Å². The second-order valence-corrected chi connectivity index (χ2v) is 6.92. The molecule has 0 radical (unpaired) electrons. The summed E-state index contributed by atoms with van der Waals surface area (Å²) in [5.41, 5.74) is 5.54. The maximum atomic E-state index is 3.76. The summed E-state index contributed by atoms with van der Waals surface area (Å²) in [5.74, 6) is 0. The minimum Gasteiger partial charge on any atom is -0.362 e. The Labute approximate surface area is 134 Å². The van der Waals surface area contributed by atoms with Gasteiger partial charge in [-0.3, -0.25) is 0 Å². The molecule has 1 aliphatic carbocycles. The Bertz CT molecular complexity index is 639. The Balaban J connectivity index is 1.50. The topological polar surface area (TPSA) is 15.3 Å². The van der Waals surface area contributed by atoms with Crippen LogP contribution >= 0.6 is 15.9 Å². The van der Waals surface area contributed by atoms with Gasteiger partial charge in [-0.1, -0.05) is 30.3 Å². The molecule has 1 aliphatic heterocycles. The maximum Gasteiger partial charge on any atom is 0.0516 e. The molecule has 2 aromatic carbocycles. The molecule has 0 atom stereocenters. The molecule has 0 aromatic heterocycles. The quantitative estimate of drug-likeness (QED) is 0.894. The van der Waals surface area contributed by atoms with E-state index in [1.807, 2.05) is 0 Å². The van der Waals surface area contributed by atoms with Gasteiger partial charge in [0.05, 0.1) is 5.69 Å². The molecule has 3 heteroatoms. The third-order valence-electron chi connectivity index (χ3n) is 4.37. The summed E-state index contributed by atoms with van der Waals surface area (Å²) in [4.78, 5) is 2.44. The number of nitrogens with zero attached hydrogens (tertiary/aromatic N) is 1. The molecule has 0 bridgehead atoms. The van der Waals surface area contributed by atoms with Gasteiger partial charge in [-0.2, -0.15) is 0 Å². The van der Waals surface area contributed by atoms with Crippen molar-refractivity contribution in [2.75, 3.05) is 4.90 Å². The van der Waals surface area contributed by atoms with Gasteiger partial charge < -0.3 is 10.2 Å². The minimum absolute atomic E-state index is 0.761. The molecule has 4 rings (SSSR count). The van der Waals surface area contributed by atoms with Crippen LogP contribution in [0.25, 0.3) is 0 Å². The molecule has 0 saturated heterocycles. The molecular weight excluding hydrogens is 324 g/mol. The lowest BCUT2D eigenvalue weighted by Crippen LogP contribution is -2.17. The van der Waals surface area contributed by atoms with Gasteiger partial charge in [0.1, 0.15) is 0 Å². The van der Waals surface area contributed by atoms with Crippen molar-refractivity contribution in [1.29, 1.82) is 0 Å². The van der Waals surface area contributed by atoms with Gasteiger partial charge >= 0.3 is 0 Å². The first-order valence-corrected chi connectivity index (χ1v) is 8.42. The molecule has 0 spiro atoms. The van der Waals surface area contributed by atoms with Gasteiger partial charge in [0.25, 0.3) is 0 Å². The summed E-state index contributed by atoms with van der Waals surface area (Å²) in [7, 11) is 0. The fourth-order valence-corrected chi connectivity index (χ4v) is 3.65. The van der Waals surface area contributed by atoms with Gasteiger partial charge in [0.2, 0.25) is 0 Å². The maximum absolute atomic E-state index is 3.76. The fraction of sp³-hybridized carbons (Fsp3) is 0.333. The van der Waals surface area contributed by atoms with Crippen LogP contribution in [0.15, 0.2) is 46.9 Å². The van der Waals surface area contributed by atoms with Crippen LogP contribution in [0.3, 0.4) is 0 Å². The zero-order chi connectivity index (χ0) is 14.2. The highest BCUT2D eigenvalue weighted by Crippen LogP contribution is 2.34. The van der Waals surface area contributed by atoms with Crippen molar-refractivity contribution in [1.82, 2.24) is 5.32 Å². The summed E-state index contributed by atoms with van der Waals surface area (Å²) < 4.78 is 1.20. The monoisotopic (exact) mass is 342 g/mol. The first-order valence-electron chi connectivity index (χ1n) is 7.63. The molecule has 1 heterocycles. The van der Waals surface area contributed by atoms with Crippen LogP contribution in [0.5, 0.6) is 0 Å². The zero-order valence-corrected chi connectivity index (χ0v) is 13.6. The highest BCUT2D eigenvalue weighted by Gasteiger charge is 2.21. The van der Waals surface area contributed by atoms with E-state index in [4.69, 9.17) is 0 Å². The molecule has 108 valence electrons. The highest BCUT2D eigenvalue weighted by atomic mass is 79.9. The Morgan fingerprint density at radius 2 is 1.76 bits per heavy atom. The molecule has 2 aliphatic rings. The van der Waals surface area contributed by atoms with Gasteiger partial charge in [0, 0.05) is 30.1 Å². The van der Waals surface area contributed by atoms with Crippen LogP contribution in [0.1, 0.15) is 29.5 Å². The predicted octanol–water partition coefficient (Wildman–Crippen LogP) is 4.22. The van der Waals surface area contributed by atoms with Gasteiger partial charge in [-0.25, -0.2) is 0 Å². The van der Waals surface area contributed by atoms with E-state index in [9.17, 15) is 0 Å². The average molecular weight is 343 g/mol. The van der Waals surface area contributed by atoms with Crippen molar-refractivity contribution < 1.29 is 0 Å². The van der Waals surface area contributed by atoms with Crippen molar-refractivity contribution >= 4 is 21.6 Å². The van der Waals surface area contributed by atoms with Crippen molar-refractivity contribution in [2.24, 2.45) is 0 Å². The summed E-state index contributed by atoms with van der Waals surface area (Å²) in [5, 5.41) is 3.57. The number of benzene rings is 2. The predicted molar refractivity (Wildman–Crippen MR) is 90.3 cm³/mol. The number of hydrogen-bond donors (Lipinski definition) is 1.